The van der Waals surface area contributed by atoms with Crippen molar-refractivity contribution in [2.75, 3.05) is 0 Å². The molecule has 0 bridgehead atoms. The van der Waals surface area contributed by atoms with Crippen molar-refractivity contribution in [2.24, 2.45) is 0 Å². The summed E-state index contributed by atoms with van der Waals surface area (Å²) >= 11 is 11.8. The van der Waals surface area contributed by atoms with Crippen molar-refractivity contribution in [1.82, 2.24) is 19.7 Å². The summed E-state index contributed by atoms with van der Waals surface area (Å²) in [7, 11) is -4.39. The van der Waals surface area contributed by atoms with Gasteiger partial charge in [-0.05, 0) is 35.9 Å². The average Bonchev–Trinajstić information content (AvgIpc) is 3.02. The number of hydrogen-bond donors (Lipinski definition) is 1. The lowest BCUT2D eigenvalue weighted by molar-refractivity contribution is 0.0976. The quantitative estimate of drug-likeness (QED) is 0.673. The molecular weight excluding hydrogens is 418 g/mol. The van der Waals surface area contributed by atoms with Crippen molar-refractivity contribution >= 4 is 39.1 Å². The first-order valence-corrected chi connectivity index (χ1v) is 9.65. The molecule has 27 heavy (non-hydrogen) atoms. The molecule has 0 aliphatic heterocycles. The highest BCUT2D eigenvalue weighted by Gasteiger charge is 2.23. The van der Waals surface area contributed by atoms with Gasteiger partial charge in [-0.25, -0.2) is 22.2 Å². The minimum Gasteiger partial charge on any atom is -0.266 e. The zero-order valence-electron chi connectivity index (χ0n) is 13.4. The standard InChI is InChI=1S/C16H11Cl2FN4O3S/c17-11-5-10(6-12(18)7-11)8-23-9-14(20-22-23)16(24)21-27(25,26)15-4-2-1-3-13(15)19/h1-7,9H,8H2,(H,21,24). The molecule has 7 nitrogen and oxygen atoms in total. The van der Waals surface area contributed by atoms with E-state index < -0.39 is 26.6 Å². The number of nitrogens with one attached hydrogen (secondary N) is 1. The number of benzene rings is 2. The number of nitrogens with zero attached hydrogens (tertiary/aromatic N) is 3. The van der Waals surface area contributed by atoms with E-state index in [0.717, 1.165) is 12.1 Å². The second kappa shape index (κ2) is 7.63. The zero-order chi connectivity index (χ0) is 19.6. The summed E-state index contributed by atoms with van der Waals surface area (Å²) in [5.74, 6) is -2.01. The fraction of sp³-hybridized carbons (Fsp3) is 0.0625. The molecule has 0 unspecified atom stereocenters. The van der Waals surface area contributed by atoms with Crippen molar-refractivity contribution in [3.8, 4) is 0 Å². The number of hydrogen-bond acceptors (Lipinski definition) is 5. The highest BCUT2D eigenvalue weighted by molar-refractivity contribution is 7.90. The molecule has 0 atom stereocenters. The molecule has 1 heterocycles. The number of aromatic nitrogens is 3. The molecule has 0 aliphatic carbocycles. The van der Waals surface area contributed by atoms with Crippen LogP contribution in [0.1, 0.15) is 16.1 Å². The van der Waals surface area contributed by atoms with E-state index in [1.807, 2.05) is 0 Å². The second-order valence-corrected chi connectivity index (χ2v) is 7.97. The van der Waals surface area contributed by atoms with Crippen molar-refractivity contribution in [2.45, 2.75) is 11.4 Å². The maximum Gasteiger partial charge on any atom is 0.287 e. The van der Waals surface area contributed by atoms with Gasteiger partial charge in [0.1, 0.15) is 10.7 Å². The molecule has 11 heteroatoms. The molecule has 2 aromatic carbocycles. The smallest absolute Gasteiger partial charge is 0.266 e. The molecule has 140 valence electrons. The van der Waals surface area contributed by atoms with E-state index in [1.54, 1.807) is 22.9 Å². The average molecular weight is 429 g/mol. The van der Waals surface area contributed by atoms with Crippen LogP contribution in [0.5, 0.6) is 0 Å². The summed E-state index contributed by atoms with van der Waals surface area (Å²) in [6, 6.07) is 9.60. The van der Waals surface area contributed by atoms with Gasteiger partial charge in [0.2, 0.25) is 0 Å². The molecule has 0 fully saturated rings. The van der Waals surface area contributed by atoms with Gasteiger partial charge in [0.15, 0.2) is 5.69 Å². The van der Waals surface area contributed by atoms with E-state index in [1.165, 1.54) is 23.0 Å². The first kappa shape index (κ1) is 19.3. The normalized spacial score (nSPS) is 11.4. The molecular formula is C16H11Cl2FN4O3S. The predicted molar refractivity (Wildman–Crippen MR) is 96.6 cm³/mol. The van der Waals surface area contributed by atoms with Crippen LogP contribution in [0.15, 0.2) is 53.6 Å². The van der Waals surface area contributed by atoms with Gasteiger partial charge in [0, 0.05) is 10.0 Å². The number of carbonyl (C=O) groups is 1. The van der Waals surface area contributed by atoms with Crippen molar-refractivity contribution in [1.29, 1.82) is 0 Å². The highest BCUT2D eigenvalue weighted by Crippen LogP contribution is 2.19. The van der Waals surface area contributed by atoms with Crippen LogP contribution in [0.3, 0.4) is 0 Å². The Hall–Kier alpha value is -2.49. The Balaban J connectivity index is 1.76. The fourth-order valence-electron chi connectivity index (χ4n) is 2.26. The molecule has 1 N–H and O–H groups in total. The number of halogens is 3. The monoisotopic (exact) mass is 428 g/mol. The first-order valence-electron chi connectivity index (χ1n) is 7.41. The number of amides is 1. The third-order valence-corrected chi connectivity index (χ3v) is 5.19. The zero-order valence-corrected chi connectivity index (χ0v) is 15.8. The fourth-order valence-corrected chi connectivity index (χ4v) is 3.87. The van der Waals surface area contributed by atoms with Gasteiger partial charge in [-0.15, -0.1) is 5.10 Å². The van der Waals surface area contributed by atoms with Gasteiger partial charge in [-0.1, -0.05) is 40.5 Å². The maximum atomic E-state index is 13.7. The van der Waals surface area contributed by atoms with E-state index in [0.29, 0.717) is 15.6 Å². The molecule has 1 amide bonds. The van der Waals surface area contributed by atoms with Gasteiger partial charge in [-0.2, -0.15) is 0 Å². The first-order chi connectivity index (χ1) is 12.7. The van der Waals surface area contributed by atoms with Gasteiger partial charge in [0.25, 0.3) is 15.9 Å². The molecule has 0 aliphatic rings. The van der Waals surface area contributed by atoms with Crippen molar-refractivity contribution < 1.29 is 17.6 Å². The summed E-state index contributed by atoms with van der Waals surface area (Å²) in [6.07, 6.45) is 1.25. The summed E-state index contributed by atoms with van der Waals surface area (Å²) < 4.78 is 41.0. The summed E-state index contributed by atoms with van der Waals surface area (Å²) in [5, 5.41) is 8.27. The minimum absolute atomic E-state index is 0.209. The Morgan fingerprint density at radius 2 is 1.81 bits per heavy atom. The third kappa shape index (κ3) is 4.62. The van der Waals surface area contributed by atoms with Gasteiger partial charge in [0.05, 0.1) is 12.7 Å². The van der Waals surface area contributed by atoms with Gasteiger partial charge in [-0.3, -0.25) is 4.79 Å². The lowest BCUT2D eigenvalue weighted by Gasteiger charge is -2.06. The van der Waals surface area contributed by atoms with Crippen LogP contribution in [0, 0.1) is 5.82 Å². The van der Waals surface area contributed by atoms with E-state index in [4.69, 9.17) is 23.2 Å². The molecule has 3 aromatic rings. The van der Waals surface area contributed by atoms with Crippen LogP contribution in [0.4, 0.5) is 4.39 Å². The Kier molecular flexibility index (Phi) is 5.45. The van der Waals surface area contributed by atoms with Crippen LogP contribution in [0.25, 0.3) is 0 Å². The van der Waals surface area contributed by atoms with E-state index in [9.17, 15) is 17.6 Å². The summed E-state index contributed by atoms with van der Waals surface area (Å²) in [4.78, 5) is 11.5. The van der Waals surface area contributed by atoms with Crippen LogP contribution in [-0.4, -0.2) is 29.3 Å². The van der Waals surface area contributed by atoms with E-state index in [-0.39, 0.29) is 12.2 Å². The lowest BCUT2D eigenvalue weighted by atomic mass is 10.2. The second-order valence-electron chi connectivity index (χ2n) is 5.44. The van der Waals surface area contributed by atoms with E-state index >= 15 is 0 Å². The van der Waals surface area contributed by atoms with E-state index in [2.05, 4.69) is 10.3 Å². The molecule has 3 rings (SSSR count). The SMILES string of the molecule is O=C(NS(=O)(=O)c1ccccc1F)c1cn(Cc2cc(Cl)cc(Cl)c2)nn1. The molecule has 0 spiro atoms. The lowest BCUT2D eigenvalue weighted by Crippen LogP contribution is -2.31. The molecule has 0 saturated heterocycles. The number of carbonyl (C=O) groups excluding carboxylic acids is 1. The predicted octanol–water partition coefficient (Wildman–Crippen LogP) is 2.89. The number of sulfonamides is 1. The number of rotatable bonds is 5. The topological polar surface area (TPSA) is 94.0 Å². The Bertz CT molecular complexity index is 1100. The van der Waals surface area contributed by atoms with Crippen LogP contribution >= 0.6 is 23.2 Å². The van der Waals surface area contributed by atoms with Crippen LogP contribution < -0.4 is 4.72 Å². The molecule has 0 saturated carbocycles. The van der Waals surface area contributed by atoms with Crippen LogP contribution in [0.2, 0.25) is 10.0 Å². The third-order valence-electron chi connectivity index (χ3n) is 3.39. The largest absolute Gasteiger partial charge is 0.287 e. The maximum absolute atomic E-state index is 13.7. The summed E-state index contributed by atoms with van der Waals surface area (Å²) in [6.45, 7) is 0.209. The summed E-state index contributed by atoms with van der Waals surface area (Å²) in [5.41, 5.74) is 0.464. The van der Waals surface area contributed by atoms with Gasteiger partial charge < -0.3 is 0 Å². The minimum atomic E-state index is -4.39. The Morgan fingerprint density at radius 1 is 1.15 bits per heavy atom. The molecule has 1 aromatic heterocycles. The van der Waals surface area contributed by atoms with Crippen molar-refractivity contribution in [3.63, 3.8) is 0 Å². The van der Waals surface area contributed by atoms with Crippen molar-refractivity contribution in [3.05, 3.63) is 75.8 Å². The van der Waals surface area contributed by atoms with Gasteiger partial charge >= 0.3 is 0 Å². The Morgan fingerprint density at radius 3 is 2.48 bits per heavy atom. The molecule has 0 radical (unpaired) electrons. The Labute approximate surface area is 163 Å². The van der Waals surface area contributed by atoms with Crippen LogP contribution in [-0.2, 0) is 16.6 Å². The highest BCUT2D eigenvalue weighted by atomic mass is 35.5.